The lowest BCUT2D eigenvalue weighted by molar-refractivity contribution is -0.121. The number of carbonyl (C=O) groups excluding carboxylic acids is 1. The number of ether oxygens (including phenoxy) is 2. The SMILES string of the molecule is O=C(CCCCc1ccc(OCCN2CCOCC2)cc1)NCc1ccccc1. The molecule has 2 aromatic rings. The molecule has 2 aromatic carbocycles. The van der Waals surface area contributed by atoms with Crippen LogP contribution in [0.2, 0.25) is 0 Å². The fourth-order valence-electron chi connectivity index (χ4n) is 3.37. The van der Waals surface area contributed by atoms with Gasteiger partial charge < -0.3 is 14.8 Å². The first-order valence-electron chi connectivity index (χ1n) is 10.6. The molecule has 0 radical (unpaired) electrons. The fourth-order valence-corrected chi connectivity index (χ4v) is 3.37. The zero-order chi connectivity index (χ0) is 20.2. The predicted octanol–water partition coefficient (Wildman–Crippen LogP) is 3.43. The molecule has 0 saturated carbocycles. The molecule has 5 nitrogen and oxygen atoms in total. The van der Waals surface area contributed by atoms with E-state index in [4.69, 9.17) is 9.47 Å². The lowest BCUT2D eigenvalue weighted by Gasteiger charge is -2.26. The van der Waals surface area contributed by atoms with Crippen molar-refractivity contribution in [3.63, 3.8) is 0 Å². The molecule has 29 heavy (non-hydrogen) atoms. The molecule has 1 fully saturated rings. The van der Waals surface area contributed by atoms with Gasteiger partial charge >= 0.3 is 0 Å². The number of hydrogen-bond donors (Lipinski definition) is 1. The van der Waals surface area contributed by atoms with Gasteiger partial charge in [0.15, 0.2) is 0 Å². The standard InChI is InChI=1S/C24H32N2O3/c27-24(25-20-22-7-2-1-3-8-22)9-5-4-6-21-10-12-23(13-11-21)29-19-16-26-14-17-28-18-15-26/h1-3,7-8,10-13H,4-6,9,14-20H2,(H,25,27). The molecular weight excluding hydrogens is 364 g/mol. The topological polar surface area (TPSA) is 50.8 Å². The highest BCUT2D eigenvalue weighted by Gasteiger charge is 2.09. The molecule has 0 unspecified atom stereocenters. The minimum absolute atomic E-state index is 0.123. The third-order valence-corrected chi connectivity index (χ3v) is 5.16. The number of nitrogens with zero attached hydrogens (tertiary/aromatic N) is 1. The van der Waals surface area contributed by atoms with Gasteiger partial charge in [0.25, 0.3) is 0 Å². The highest BCUT2D eigenvalue weighted by molar-refractivity contribution is 5.75. The summed E-state index contributed by atoms with van der Waals surface area (Å²) in [6.07, 6.45) is 3.48. The molecule has 0 aliphatic carbocycles. The number of rotatable bonds is 11. The summed E-state index contributed by atoms with van der Waals surface area (Å²) in [4.78, 5) is 14.3. The molecule has 1 aliphatic heterocycles. The van der Waals surface area contributed by atoms with Crippen molar-refractivity contribution < 1.29 is 14.3 Å². The minimum Gasteiger partial charge on any atom is -0.492 e. The van der Waals surface area contributed by atoms with Gasteiger partial charge in [0.1, 0.15) is 12.4 Å². The molecule has 0 spiro atoms. The van der Waals surface area contributed by atoms with Crippen molar-refractivity contribution in [2.24, 2.45) is 0 Å². The van der Waals surface area contributed by atoms with Crippen LogP contribution in [0, 0.1) is 0 Å². The Kier molecular flexibility index (Phi) is 9.01. The molecular formula is C24H32N2O3. The summed E-state index contributed by atoms with van der Waals surface area (Å²) in [6, 6.07) is 18.3. The molecule has 1 heterocycles. The minimum atomic E-state index is 0.123. The number of aryl methyl sites for hydroxylation is 1. The van der Waals surface area contributed by atoms with E-state index in [1.165, 1.54) is 5.56 Å². The average Bonchev–Trinajstić information content (AvgIpc) is 2.78. The van der Waals surface area contributed by atoms with Gasteiger partial charge in [0.05, 0.1) is 13.2 Å². The van der Waals surface area contributed by atoms with Crippen LogP contribution in [0.5, 0.6) is 5.75 Å². The number of nitrogens with one attached hydrogen (secondary N) is 1. The van der Waals surface area contributed by atoms with Crippen LogP contribution in [0.4, 0.5) is 0 Å². The lowest BCUT2D eigenvalue weighted by atomic mass is 10.1. The molecule has 1 N–H and O–H groups in total. The first-order valence-corrected chi connectivity index (χ1v) is 10.6. The van der Waals surface area contributed by atoms with E-state index < -0.39 is 0 Å². The Morgan fingerprint density at radius 2 is 1.72 bits per heavy atom. The van der Waals surface area contributed by atoms with E-state index in [1.54, 1.807) is 0 Å². The zero-order valence-electron chi connectivity index (χ0n) is 17.1. The van der Waals surface area contributed by atoms with Gasteiger partial charge in [-0.05, 0) is 42.5 Å². The molecule has 1 saturated heterocycles. The van der Waals surface area contributed by atoms with E-state index in [0.29, 0.717) is 19.6 Å². The summed E-state index contributed by atoms with van der Waals surface area (Å²) < 4.78 is 11.2. The first kappa shape index (κ1) is 21.3. The quantitative estimate of drug-likeness (QED) is 0.591. The largest absolute Gasteiger partial charge is 0.492 e. The van der Waals surface area contributed by atoms with Crippen molar-refractivity contribution in [2.75, 3.05) is 39.5 Å². The Bertz CT molecular complexity index is 713. The van der Waals surface area contributed by atoms with E-state index in [1.807, 2.05) is 42.5 Å². The molecule has 156 valence electrons. The van der Waals surface area contributed by atoms with Gasteiger partial charge in [-0.3, -0.25) is 9.69 Å². The van der Waals surface area contributed by atoms with Gasteiger partial charge in [-0.2, -0.15) is 0 Å². The number of amides is 1. The van der Waals surface area contributed by atoms with Gasteiger partial charge in [0.2, 0.25) is 5.91 Å². The van der Waals surface area contributed by atoms with Crippen molar-refractivity contribution in [1.82, 2.24) is 10.2 Å². The smallest absolute Gasteiger partial charge is 0.220 e. The van der Waals surface area contributed by atoms with Crippen LogP contribution < -0.4 is 10.1 Å². The van der Waals surface area contributed by atoms with Crippen molar-refractivity contribution in [3.8, 4) is 5.75 Å². The van der Waals surface area contributed by atoms with Crippen molar-refractivity contribution in [3.05, 3.63) is 65.7 Å². The number of unbranched alkanes of at least 4 members (excludes halogenated alkanes) is 1. The maximum atomic E-state index is 11.9. The van der Waals surface area contributed by atoms with Gasteiger partial charge in [0, 0.05) is 32.6 Å². The van der Waals surface area contributed by atoms with Crippen molar-refractivity contribution in [1.29, 1.82) is 0 Å². The first-order chi connectivity index (χ1) is 14.3. The van der Waals surface area contributed by atoms with Crippen LogP contribution in [-0.4, -0.2) is 50.3 Å². The second kappa shape index (κ2) is 12.2. The summed E-state index contributed by atoms with van der Waals surface area (Å²) >= 11 is 0. The lowest BCUT2D eigenvalue weighted by Crippen LogP contribution is -2.38. The second-order valence-corrected chi connectivity index (χ2v) is 7.42. The highest BCUT2D eigenvalue weighted by Crippen LogP contribution is 2.14. The third-order valence-electron chi connectivity index (χ3n) is 5.16. The fraction of sp³-hybridized carbons (Fsp3) is 0.458. The molecule has 0 atom stereocenters. The summed E-state index contributed by atoms with van der Waals surface area (Å²) in [6.45, 7) is 5.88. The number of benzene rings is 2. The molecule has 3 rings (SSSR count). The van der Waals surface area contributed by atoms with Crippen LogP contribution in [0.3, 0.4) is 0 Å². The molecule has 0 bridgehead atoms. The van der Waals surface area contributed by atoms with Gasteiger partial charge in [-0.15, -0.1) is 0 Å². The number of carbonyl (C=O) groups is 1. The zero-order valence-corrected chi connectivity index (χ0v) is 17.1. The van der Waals surface area contributed by atoms with Crippen LogP contribution in [0.15, 0.2) is 54.6 Å². The van der Waals surface area contributed by atoms with Crippen molar-refractivity contribution >= 4 is 5.91 Å². The maximum absolute atomic E-state index is 11.9. The van der Waals surface area contributed by atoms with E-state index in [-0.39, 0.29) is 5.91 Å². The average molecular weight is 397 g/mol. The molecule has 5 heteroatoms. The van der Waals surface area contributed by atoms with Gasteiger partial charge in [-0.1, -0.05) is 42.5 Å². The molecule has 0 aromatic heterocycles. The van der Waals surface area contributed by atoms with Gasteiger partial charge in [-0.25, -0.2) is 0 Å². The Morgan fingerprint density at radius 3 is 2.48 bits per heavy atom. The van der Waals surface area contributed by atoms with E-state index in [2.05, 4.69) is 22.3 Å². The normalized spacial score (nSPS) is 14.5. The summed E-state index contributed by atoms with van der Waals surface area (Å²) in [5.41, 5.74) is 2.42. The molecule has 1 aliphatic rings. The Hall–Kier alpha value is -2.37. The monoisotopic (exact) mass is 396 g/mol. The second-order valence-electron chi connectivity index (χ2n) is 7.42. The van der Waals surface area contributed by atoms with Crippen LogP contribution in [-0.2, 0) is 22.5 Å². The van der Waals surface area contributed by atoms with E-state index in [9.17, 15) is 4.79 Å². The summed E-state index contributed by atoms with van der Waals surface area (Å²) in [5, 5.41) is 2.98. The van der Waals surface area contributed by atoms with E-state index in [0.717, 1.165) is 63.4 Å². The molecule has 1 amide bonds. The summed E-state index contributed by atoms with van der Waals surface area (Å²) in [7, 11) is 0. The van der Waals surface area contributed by atoms with Crippen LogP contribution in [0.1, 0.15) is 30.4 Å². The number of hydrogen-bond acceptors (Lipinski definition) is 4. The Labute approximate surface area is 174 Å². The predicted molar refractivity (Wildman–Crippen MR) is 115 cm³/mol. The van der Waals surface area contributed by atoms with E-state index >= 15 is 0 Å². The Balaban J connectivity index is 1.25. The third kappa shape index (κ3) is 8.26. The van der Waals surface area contributed by atoms with Crippen molar-refractivity contribution in [2.45, 2.75) is 32.2 Å². The van der Waals surface area contributed by atoms with Crippen LogP contribution >= 0.6 is 0 Å². The van der Waals surface area contributed by atoms with Crippen LogP contribution in [0.25, 0.3) is 0 Å². The highest BCUT2D eigenvalue weighted by atomic mass is 16.5. The Morgan fingerprint density at radius 1 is 0.966 bits per heavy atom. The number of morpholine rings is 1. The maximum Gasteiger partial charge on any atom is 0.220 e. The summed E-state index contributed by atoms with van der Waals surface area (Å²) in [5.74, 6) is 1.04.